The van der Waals surface area contributed by atoms with E-state index in [-0.39, 0.29) is 20.4 Å². The van der Waals surface area contributed by atoms with Crippen LogP contribution in [0.4, 0.5) is 0 Å². The first-order chi connectivity index (χ1) is 2.27. The van der Waals surface area contributed by atoms with Crippen molar-refractivity contribution >= 4 is 0 Å². The number of ether oxygens (including phenoxy) is 1. The Balaban J connectivity index is -0.0000000800. The van der Waals surface area contributed by atoms with E-state index in [1.807, 2.05) is 0 Å². The minimum Gasteiger partial charge on any atom is -0.538 e. The monoisotopic (exact) mass is 525 g/mol. The Morgan fingerprint density at radius 3 is 1.71 bits per heavy atom. The Kier molecular flexibility index (Phi) is 20.9. The summed E-state index contributed by atoms with van der Waals surface area (Å²) in [6, 6.07) is 0. The van der Waals surface area contributed by atoms with E-state index in [1.54, 1.807) is 6.92 Å². The summed E-state index contributed by atoms with van der Waals surface area (Å²) in [4.78, 5) is 0. The van der Waals surface area contributed by atoms with E-state index < -0.39 is 0 Å². The summed E-state index contributed by atoms with van der Waals surface area (Å²) >= 11 is 0. The van der Waals surface area contributed by atoms with E-state index in [9.17, 15) is 0 Å². The standard InChI is InChI=1S/C4H7O.Re.Rf/c1-4(2)5-3;;/h1H,2-3H3;;/q-1;;. The molecule has 0 aliphatic carbocycles. The fourth-order valence-corrected chi connectivity index (χ4v) is 0. The van der Waals surface area contributed by atoms with Crippen LogP contribution in [-0.4, -0.2) is 7.11 Å². The average molecular weight is 524 g/mol. The van der Waals surface area contributed by atoms with E-state index in [4.69, 9.17) is 6.58 Å². The Labute approximate surface area is 52.0 Å². The molecule has 0 unspecified atom stereocenters. The second kappa shape index (κ2) is 8.96. The molecule has 0 aliphatic rings. The Hall–Kier alpha value is -0.798. The molecule has 1 nitrogen and oxygen atoms in total. The van der Waals surface area contributed by atoms with Crippen molar-refractivity contribution in [3.63, 3.8) is 0 Å². The first kappa shape index (κ1) is 16.4. The van der Waals surface area contributed by atoms with E-state index in [0.29, 0.717) is 5.76 Å². The van der Waals surface area contributed by atoms with Crippen LogP contribution in [0.25, 0.3) is 0 Å². The van der Waals surface area contributed by atoms with Gasteiger partial charge in [-0.3, -0.25) is 0 Å². The fraction of sp³-hybridized carbons (Fsp3) is 0.500. The Bertz CT molecular complexity index is 47.0. The van der Waals surface area contributed by atoms with E-state index in [0.717, 1.165) is 0 Å². The van der Waals surface area contributed by atoms with Crippen molar-refractivity contribution < 1.29 is 25.2 Å². The van der Waals surface area contributed by atoms with Crippen molar-refractivity contribution in [1.82, 2.24) is 0 Å². The van der Waals surface area contributed by atoms with Crippen LogP contribution in [-0.2, 0) is 25.2 Å². The average Bonchev–Trinajstić information content (AvgIpc) is 1.38. The molecule has 0 aromatic rings. The number of hydrogen-bond acceptors (Lipinski definition) is 1. The molecule has 0 aliphatic heterocycles. The summed E-state index contributed by atoms with van der Waals surface area (Å²) in [6.45, 7) is 6.68. The third-order valence-corrected chi connectivity index (χ3v) is 0.322. The van der Waals surface area contributed by atoms with Gasteiger partial charge in [0.15, 0.2) is 0 Å². The van der Waals surface area contributed by atoms with Crippen molar-refractivity contribution in [3.05, 3.63) is 12.3 Å². The van der Waals surface area contributed by atoms with Crippen LogP contribution in [0.3, 0.4) is 0 Å². The van der Waals surface area contributed by atoms with Gasteiger partial charge in [0.1, 0.15) is 0 Å². The van der Waals surface area contributed by atoms with Crippen LogP contribution in [0.1, 0.15) is 6.92 Å². The molecule has 0 bridgehead atoms. The molecule has 0 heterocycles. The molecule has 0 spiro atoms. The van der Waals surface area contributed by atoms with Gasteiger partial charge in [0, 0.05) is 20.4 Å². The molecule has 7 heavy (non-hydrogen) atoms. The van der Waals surface area contributed by atoms with Gasteiger partial charge in [-0.2, -0.15) is 0 Å². The zero-order valence-corrected chi connectivity index (χ0v) is 13.7. The SMILES string of the molecule is [CH-]=C(C)OC.[Re].[Rf]. The van der Waals surface area contributed by atoms with Crippen LogP contribution < -0.4 is 0 Å². The van der Waals surface area contributed by atoms with Crippen LogP contribution in [0.2, 0.25) is 0 Å². The van der Waals surface area contributed by atoms with Gasteiger partial charge < -0.3 is 11.3 Å². The van der Waals surface area contributed by atoms with Crippen molar-refractivity contribution in [2.75, 3.05) is 7.11 Å². The van der Waals surface area contributed by atoms with Gasteiger partial charge in [-0.1, -0.05) is 5.76 Å². The molecule has 0 N–H and O–H groups in total. The molecular formula is C4H7OReRf-. The first-order valence-corrected chi connectivity index (χ1v) is 1.40. The molecule has 39 valence electrons. The van der Waals surface area contributed by atoms with Crippen molar-refractivity contribution in [2.24, 2.45) is 0 Å². The minimum atomic E-state index is 0. The maximum atomic E-state index is 4.99. The minimum absolute atomic E-state index is 0. The summed E-state index contributed by atoms with van der Waals surface area (Å²) < 4.78 is 4.44. The molecule has 0 saturated carbocycles. The van der Waals surface area contributed by atoms with E-state index in [1.165, 1.54) is 7.11 Å². The van der Waals surface area contributed by atoms with Gasteiger partial charge in [-0.25, -0.2) is 0 Å². The van der Waals surface area contributed by atoms with Gasteiger partial charge in [-0.05, 0) is 6.92 Å². The van der Waals surface area contributed by atoms with Gasteiger partial charge in [0.2, 0.25) is 0 Å². The fourth-order valence-electron chi connectivity index (χ4n) is 0. The van der Waals surface area contributed by atoms with Gasteiger partial charge >= 0.3 is 0 Å². The maximum Gasteiger partial charge on any atom is 0.0726 e. The molecule has 0 saturated heterocycles. The van der Waals surface area contributed by atoms with Gasteiger partial charge in [0.05, 0.1) is 7.11 Å². The largest absolute Gasteiger partial charge is 0.538 e. The van der Waals surface area contributed by atoms with Crippen molar-refractivity contribution in [1.29, 1.82) is 0 Å². The summed E-state index contributed by atoms with van der Waals surface area (Å²) in [5.74, 6) is 0.505. The summed E-state index contributed by atoms with van der Waals surface area (Å²) in [7, 11) is 1.54. The number of methoxy groups -OCH3 is 1. The summed E-state index contributed by atoms with van der Waals surface area (Å²) in [5.41, 5.74) is 0. The van der Waals surface area contributed by atoms with Crippen LogP contribution >= 0.6 is 0 Å². The van der Waals surface area contributed by atoms with Crippen molar-refractivity contribution in [3.8, 4) is 0 Å². The second-order valence-electron chi connectivity index (χ2n) is 0.815. The predicted molar refractivity (Wildman–Crippen MR) is 20.5 cm³/mol. The van der Waals surface area contributed by atoms with Gasteiger partial charge in [-0.15, -0.1) is 0 Å². The third kappa shape index (κ3) is 36.9. The molecule has 0 amide bonds. The number of allylic oxidation sites excluding steroid dienone is 1. The van der Waals surface area contributed by atoms with Gasteiger partial charge in [0.25, 0.3) is 0 Å². The molecule has 0 fully saturated rings. The first-order valence-electron chi connectivity index (χ1n) is 1.40. The molecule has 0 atom stereocenters. The quantitative estimate of drug-likeness (QED) is 0.367. The summed E-state index contributed by atoms with van der Waals surface area (Å²) in [6.07, 6.45) is 0. The zero-order valence-electron chi connectivity index (χ0n) is 4.57. The Morgan fingerprint density at radius 2 is 1.71 bits per heavy atom. The number of rotatable bonds is 1. The topological polar surface area (TPSA) is 9.23 Å². The molecular weight excluding hydrogens is 517 g/mol. The molecule has 0 aromatic heterocycles. The van der Waals surface area contributed by atoms with Crippen LogP contribution in [0.15, 0.2) is 5.76 Å². The third-order valence-electron chi connectivity index (χ3n) is 0.322. The zero-order chi connectivity index (χ0) is 4.28. The van der Waals surface area contributed by atoms with Crippen LogP contribution in [0, 0.1) is 6.58 Å². The Morgan fingerprint density at radius 1 is 1.57 bits per heavy atom. The second-order valence-corrected chi connectivity index (χ2v) is 0.815. The predicted octanol–water partition coefficient (Wildman–Crippen LogP) is 0.967. The smallest absolute Gasteiger partial charge is 0.0726 e. The maximum absolute atomic E-state index is 4.99. The normalized spacial score (nSPS) is 4.86. The van der Waals surface area contributed by atoms with Crippen molar-refractivity contribution in [2.45, 2.75) is 6.92 Å². The molecule has 3 heteroatoms. The molecule has 1 radical (unpaired) electrons. The molecule has 0 aromatic carbocycles. The summed E-state index contributed by atoms with van der Waals surface area (Å²) in [5, 5.41) is 0. The molecule has 0 rings (SSSR count). The van der Waals surface area contributed by atoms with E-state index in [2.05, 4.69) is 4.74 Å². The van der Waals surface area contributed by atoms with E-state index >= 15 is 0 Å². The van der Waals surface area contributed by atoms with Crippen LogP contribution in [0.5, 0.6) is 0 Å². The number of hydrogen-bond donors (Lipinski definition) is 0.